The second kappa shape index (κ2) is 6.87. The lowest BCUT2D eigenvalue weighted by Crippen LogP contribution is -2.17. The highest BCUT2D eigenvalue weighted by molar-refractivity contribution is 5.50. The summed E-state index contributed by atoms with van der Waals surface area (Å²) in [6, 6.07) is 3.79. The van der Waals surface area contributed by atoms with Gasteiger partial charge < -0.3 is 4.42 Å². The number of aromatic nitrogens is 6. The van der Waals surface area contributed by atoms with Crippen molar-refractivity contribution in [3.8, 4) is 11.5 Å². The van der Waals surface area contributed by atoms with Gasteiger partial charge in [0.2, 0.25) is 5.89 Å². The third kappa shape index (κ3) is 3.32. The fraction of sp³-hybridized carbons (Fsp3) is 0.438. The zero-order chi connectivity index (χ0) is 18.1. The first-order valence-electron chi connectivity index (χ1n) is 8.27. The highest BCUT2D eigenvalue weighted by Crippen LogP contribution is 2.28. The lowest BCUT2D eigenvalue weighted by atomic mass is 10.2. The van der Waals surface area contributed by atoms with Crippen LogP contribution in [0.3, 0.4) is 0 Å². The number of nitrogens with zero attached hydrogens (tertiary/aromatic N) is 7. The van der Waals surface area contributed by atoms with E-state index in [0.29, 0.717) is 18.2 Å². The summed E-state index contributed by atoms with van der Waals surface area (Å²) < 4.78 is 31.7. The third-order valence-corrected chi connectivity index (χ3v) is 4.44. The molecule has 4 rings (SSSR count). The summed E-state index contributed by atoms with van der Waals surface area (Å²) >= 11 is 0. The summed E-state index contributed by atoms with van der Waals surface area (Å²) in [6.45, 7) is 1.54. The molecule has 8 nitrogen and oxygen atoms in total. The molecule has 0 aliphatic carbocycles. The molecule has 0 amide bonds. The van der Waals surface area contributed by atoms with Crippen molar-refractivity contribution in [1.29, 1.82) is 0 Å². The van der Waals surface area contributed by atoms with Crippen molar-refractivity contribution in [3.05, 3.63) is 41.8 Å². The zero-order valence-electron chi connectivity index (χ0n) is 14.1. The minimum Gasteiger partial charge on any atom is -0.415 e. The number of halogens is 2. The van der Waals surface area contributed by atoms with E-state index < -0.39 is 12.3 Å². The molecule has 4 heterocycles. The molecule has 0 bridgehead atoms. The standard InChI is InChI=1S/C16H17F2N7O/c1-24-6-2-3-13(24)12-9-25(23-20-12)8-11-5-4-10(7-19-11)15-21-22-16(26-15)14(17)18/h4-5,7,9,13-14H,2-3,6,8H2,1H3. The average molecular weight is 361 g/mol. The van der Waals surface area contributed by atoms with E-state index in [4.69, 9.17) is 4.42 Å². The molecule has 26 heavy (non-hydrogen) atoms. The van der Waals surface area contributed by atoms with E-state index in [-0.39, 0.29) is 5.89 Å². The summed E-state index contributed by atoms with van der Waals surface area (Å²) in [7, 11) is 2.09. The van der Waals surface area contributed by atoms with Gasteiger partial charge in [-0.15, -0.1) is 15.3 Å². The van der Waals surface area contributed by atoms with Gasteiger partial charge in [-0.2, -0.15) is 8.78 Å². The summed E-state index contributed by atoms with van der Waals surface area (Å²) in [6.07, 6.45) is 2.92. The summed E-state index contributed by atoms with van der Waals surface area (Å²) in [5, 5.41) is 15.4. The van der Waals surface area contributed by atoms with Crippen molar-refractivity contribution in [2.45, 2.75) is 31.9 Å². The average Bonchev–Trinajstić information content (AvgIpc) is 3.36. The summed E-state index contributed by atoms with van der Waals surface area (Å²) in [5.41, 5.74) is 2.21. The van der Waals surface area contributed by atoms with E-state index in [1.165, 1.54) is 12.6 Å². The van der Waals surface area contributed by atoms with E-state index in [1.54, 1.807) is 16.8 Å². The minimum absolute atomic E-state index is 0.0201. The van der Waals surface area contributed by atoms with Crippen molar-refractivity contribution in [2.75, 3.05) is 13.6 Å². The maximum Gasteiger partial charge on any atom is 0.314 e. The van der Waals surface area contributed by atoms with Crippen molar-refractivity contribution < 1.29 is 13.2 Å². The molecule has 0 saturated carbocycles. The molecule has 0 spiro atoms. The zero-order valence-corrected chi connectivity index (χ0v) is 14.1. The van der Waals surface area contributed by atoms with Gasteiger partial charge >= 0.3 is 6.43 Å². The lowest BCUT2D eigenvalue weighted by molar-refractivity contribution is 0.116. The Morgan fingerprint density at radius 2 is 2.15 bits per heavy atom. The molecular weight excluding hydrogens is 344 g/mol. The van der Waals surface area contributed by atoms with Gasteiger partial charge in [-0.3, -0.25) is 9.88 Å². The first kappa shape index (κ1) is 16.7. The lowest BCUT2D eigenvalue weighted by Gasteiger charge is -2.15. The van der Waals surface area contributed by atoms with E-state index in [2.05, 4.69) is 37.4 Å². The molecule has 1 unspecified atom stereocenters. The van der Waals surface area contributed by atoms with E-state index in [9.17, 15) is 8.78 Å². The van der Waals surface area contributed by atoms with Crippen LogP contribution in [0.25, 0.3) is 11.5 Å². The molecule has 136 valence electrons. The molecule has 3 aromatic rings. The third-order valence-electron chi connectivity index (χ3n) is 4.44. The Hall–Kier alpha value is -2.75. The van der Waals surface area contributed by atoms with Crippen LogP contribution in [0, 0.1) is 0 Å². The Bertz CT molecular complexity index is 877. The van der Waals surface area contributed by atoms with Gasteiger partial charge in [0, 0.05) is 6.20 Å². The molecular formula is C16H17F2N7O. The Morgan fingerprint density at radius 3 is 2.81 bits per heavy atom. The number of alkyl halides is 2. The Labute approximate surface area is 147 Å². The molecule has 1 aliphatic heterocycles. The Morgan fingerprint density at radius 1 is 1.27 bits per heavy atom. The summed E-state index contributed by atoms with van der Waals surface area (Å²) in [4.78, 5) is 6.59. The second-order valence-electron chi connectivity index (χ2n) is 6.26. The molecule has 1 atom stereocenters. The van der Waals surface area contributed by atoms with Gasteiger partial charge in [-0.1, -0.05) is 5.21 Å². The van der Waals surface area contributed by atoms with Gasteiger partial charge in [0.1, 0.15) is 0 Å². The van der Waals surface area contributed by atoms with Crippen molar-refractivity contribution in [1.82, 2.24) is 35.1 Å². The molecule has 0 N–H and O–H groups in total. The van der Waals surface area contributed by atoms with E-state index >= 15 is 0 Å². The largest absolute Gasteiger partial charge is 0.415 e. The van der Waals surface area contributed by atoms with Gasteiger partial charge in [0.25, 0.3) is 5.89 Å². The van der Waals surface area contributed by atoms with Crippen LogP contribution in [0.4, 0.5) is 8.78 Å². The molecule has 0 radical (unpaired) electrons. The van der Waals surface area contributed by atoms with Crippen molar-refractivity contribution in [2.24, 2.45) is 0 Å². The molecule has 0 aromatic carbocycles. The van der Waals surface area contributed by atoms with Crippen LogP contribution in [0.1, 0.15) is 42.6 Å². The molecule has 10 heteroatoms. The van der Waals surface area contributed by atoms with Crippen LogP contribution in [0.5, 0.6) is 0 Å². The molecule has 3 aromatic heterocycles. The highest BCUT2D eigenvalue weighted by atomic mass is 19.3. The number of pyridine rings is 1. The van der Waals surface area contributed by atoms with Crippen LogP contribution in [0.15, 0.2) is 28.9 Å². The SMILES string of the molecule is CN1CCCC1c1cn(Cc2ccc(-c3nnc(C(F)F)o3)cn2)nn1. The predicted molar refractivity (Wildman–Crippen MR) is 86.2 cm³/mol. The Kier molecular flexibility index (Phi) is 4.41. The minimum atomic E-state index is -2.79. The quantitative estimate of drug-likeness (QED) is 0.690. The van der Waals surface area contributed by atoms with Crippen molar-refractivity contribution >= 4 is 0 Å². The van der Waals surface area contributed by atoms with E-state index in [0.717, 1.165) is 24.4 Å². The normalized spacial score (nSPS) is 18.1. The van der Waals surface area contributed by atoms with Gasteiger partial charge in [0.15, 0.2) is 0 Å². The first-order chi connectivity index (χ1) is 12.6. The maximum atomic E-state index is 12.5. The maximum absolute atomic E-state index is 12.5. The van der Waals surface area contributed by atoms with Crippen LogP contribution in [-0.4, -0.2) is 48.7 Å². The monoisotopic (exact) mass is 361 g/mol. The fourth-order valence-electron chi connectivity index (χ4n) is 3.08. The van der Waals surface area contributed by atoms with Gasteiger partial charge in [-0.25, -0.2) is 4.68 Å². The van der Waals surface area contributed by atoms with Crippen LogP contribution < -0.4 is 0 Å². The predicted octanol–water partition coefficient (Wildman–Crippen LogP) is 2.48. The second-order valence-corrected chi connectivity index (χ2v) is 6.26. The first-order valence-corrected chi connectivity index (χ1v) is 8.27. The number of hydrogen-bond donors (Lipinski definition) is 0. The van der Waals surface area contributed by atoms with Gasteiger partial charge in [-0.05, 0) is 38.6 Å². The number of rotatable bonds is 5. The molecule has 1 aliphatic rings. The van der Waals surface area contributed by atoms with Crippen LogP contribution >= 0.6 is 0 Å². The van der Waals surface area contributed by atoms with Crippen LogP contribution in [-0.2, 0) is 6.54 Å². The van der Waals surface area contributed by atoms with Gasteiger partial charge in [0.05, 0.1) is 35.7 Å². The topological polar surface area (TPSA) is 85.8 Å². The number of likely N-dealkylation sites (tertiary alicyclic amines) is 1. The van der Waals surface area contributed by atoms with Crippen molar-refractivity contribution in [3.63, 3.8) is 0 Å². The molecule has 1 fully saturated rings. The van der Waals surface area contributed by atoms with Crippen LogP contribution in [0.2, 0.25) is 0 Å². The Balaban J connectivity index is 1.45. The highest BCUT2D eigenvalue weighted by Gasteiger charge is 2.25. The summed E-state index contributed by atoms with van der Waals surface area (Å²) in [5.74, 6) is -0.678. The fourth-order valence-corrected chi connectivity index (χ4v) is 3.08. The molecule has 1 saturated heterocycles. The van der Waals surface area contributed by atoms with E-state index in [1.807, 2.05) is 6.20 Å². The smallest absolute Gasteiger partial charge is 0.314 e. The number of hydrogen-bond acceptors (Lipinski definition) is 7.